The number of cyclic esters (lactones) is 1. The molecule has 1 saturated heterocycles. The third kappa shape index (κ3) is 2.51. The molecule has 2 atom stereocenters. The fourth-order valence-electron chi connectivity index (χ4n) is 2.28. The predicted molar refractivity (Wildman–Crippen MR) is 70.4 cm³/mol. The molecular formula is C16H14O3. The van der Waals surface area contributed by atoms with Crippen molar-refractivity contribution in [3.05, 3.63) is 71.8 Å². The van der Waals surface area contributed by atoms with Crippen LogP contribution in [0.5, 0.6) is 0 Å². The van der Waals surface area contributed by atoms with Crippen molar-refractivity contribution in [3.8, 4) is 0 Å². The number of carbonyl (C=O) groups excluding carboxylic acids is 1. The monoisotopic (exact) mass is 254 g/mol. The van der Waals surface area contributed by atoms with E-state index in [2.05, 4.69) is 0 Å². The van der Waals surface area contributed by atoms with Gasteiger partial charge in [0.15, 0.2) is 6.10 Å². The topological polar surface area (TPSA) is 35.5 Å². The molecule has 0 N–H and O–H groups in total. The average Bonchev–Trinajstić information content (AvgIpc) is 2.49. The fraction of sp³-hybridized carbons (Fsp3) is 0.188. The molecule has 3 heteroatoms. The number of esters is 1. The Kier molecular flexibility index (Phi) is 3.29. The summed E-state index contributed by atoms with van der Waals surface area (Å²) in [6.07, 6.45) is -0.633. The van der Waals surface area contributed by atoms with Gasteiger partial charge in [0.25, 0.3) is 0 Å². The fourth-order valence-corrected chi connectivity index (χ4v) is 2.28. The molecule has 0 saturated carbocycles. The van der Waals surface area contributed by atoms with Crippen molar-refractivity contribution >= 4 is 5.97 Å². The number of hydrogen-bond acceptors (Lipinski definition) is 3. The van der Waals surface area contributed by atoms with E-state index in [0.717, 1.165) is 11.1 Å². The lowest BCUT2D eigenvalue weighted by Crippen LogP contribution is -2.30. The Morgan fingerprint density at radius 2 is 1.32 bits per heavy atom. The molecule has 0 bridgehead atoms. The minimum atomic E-state index is -0.384. The maximum atomic E-state index is 11.5. The smallest absolute Gasteiger partial charge is 0.332 e. The molecule has 2 aromatic rings. The van der Waals surface area contributed by atoms with E-state index in [1.165, 1.54) is 0 Å². The molecule has 96 valence electrons. The Morgan fingerprint density at radius 1 is 0.789 bits per heavy atom. The highest BCUT2D eigenvalue weighted by Gasteiger charge is 2.33. The van der Waals surface area contributed by atoms with Crippen LogP contribution in [0.25, 0.3) is 0 Å². The summed E-state index contributed by atoms with van der Waals surface area (Å²) >= 11 is 0. The van der Waals surface area contributed by atoms with Gasteiger partial charge in [-0.3, -0.25) is 0 Å². The number of rotatable bonds is 2. The van der Waals surface area contributed by atoms with Crippen LogP contribution in [0.2, 0.25) is 0 Å². The summed E-state index contributed by atoms with van der Waals surface area (Å²) in [6, 6.07) is 19.5. The first kappa shape index (κ1) is 11.9. The molecular weight excluding hydrogens is 240 g/mol. The summed E-state index contributed by atoms with van der Waals surface area (Å²) in [6.45, 7) is 0.00287. The molecule has 2 aromatic carbocycles. The van der Waals surface area contributed by atoms with E-state index in [0.29, 0.717) is 0 Å². The zero-order valence-corrected chi connectivity index (χ0v) is 10.4. The number of benzene rings is 2. The molecule has 0 aliphatic carbocycles. The van der Waals surface area contributed by atoms with E-state index < -0.39 is 0 Å². The van der Waals surface area contributed by atoms with Crippen molar-refractivity contribution in [1.29, 1.82) is 0 Å². The van der Waals surface area contributed by atoms with Gasteiger partial charge in [0.05, 0.1) is 0 Å². The molecule has 0 amide bonds. The largest absolute Gasteiger partial charge is 0.453 e. The van der Waals surface area contributed by atoms with Crippen molar-refractivity contribution < 1.29 is 14.3 Å². The molecule has 0 aromatic heterocycles. The van der Waals surface area contributed by atoms with Crippen LogP contribution in [0.1, 0.15) is 23.3 Å². The van der Waals surface area contributed by atoms with Crippen molar-refractivity contribution in [2.24, 2.45) is 0 Å². The first-order valence-corrected chi connectivity index (χ1v) is 6.25. The van der Waals surface area contributed by atoms with E-state index in [-0.39, 0.29) is 24.8 Å². The standard InChI is InChI=1S/C16H14O3/c17-14-11-18-15(12-7-3-1-4-8-12)16(19-14)13-9-5-2-6-10-13/h1-10,15-16H,11H2/t15-,16-/m1/s1. The van der Waals surface area contributed by atoms with Crippen molar-refractivity contribution in [1.82, 2.24) is 0 Å². The first-order chi connectivity index (χ1) is 9.34. The molecule has 0 unspecified atom stereocenters. The molecule has 19 heavy (non-hydrogen) atoms. The molecule has 1 aliphatic rings. The molecule has 1 fully saturated rings. The Balaban J connectivity index is 1.95. The Hall–Kier alpha value is -2.13. The van der Waals surface area contributed by atoms with E-state index in [1.54, 1.807) is 0 Å². The highest BCUT2D eigenvalue weighted by atomic mass is 16.6. The minimum absolute atomic E-state index is 0.00287. The van der Waals surface area contributed by atoms with Crippen LogP contribution in [0.4, 0.5) is 0 Å². The van der Waals surface area contributed by atoms with Gasteiger partial charge in [0.1, 0.15) is 12.7 Å². The summed E-state index contributed by atoms with van der Waals surface area (Å²) in [7, 11) is 0. The average molecular weight is 254 g/mol. The zero-order valence-electron chi connectivity index (χ0n) is 10.4. The molecule has 1 heterocycles. The van der Waals surface area contributed by atoms with Crippen LogP contribution in [0.15, 0.2) is 60.7 Å². The second kappa shape index (κ2) is 5.24. The minimum Gasteiger partial charge on any atom is -0.453 e. The molecule has 0 spiro atoms. The lowest BCUT2D eigenvalue weighted by Gasteiger charge is -2.31. The number of ether oxygens (including phenoxy) is 2. The quantitative estimate of drug-likeness (QED) is 0.773. The summed E-state index contributed by atoms with van der Waals surface area (Å²) < 4.78 is 11.1. The maximum Gasteiger partial charge on any atom is 0.332 e. The third-order valence-electron chi connectivity index (χ3n) is 3.17. The molecule has 3 rings (SSSR count). The van der Waals surface area contributed by atoms with Gasteiger partial charge >= 0.3 is 5.97 Å². The lowest BCUT2D eigenvalue weighted by atomic mass is 9.97. The van der Waals surface area contributed by atoms with E-state index in [9.17, 15) is 4.79 Å². The first-order valence-electron chi connectivity index (χ1n) is 6.25. The Labute approximate surface area is 111 Å². The van der Waals surface area contributed by atoms with E-state index in [1.807, 2.05) is 60.7 Å². The Bertz CT molecular complexity index is 551. The lowest BCUT2D eigenvalue weighted by molar-refractivity contribution is -0.185. The number of carbonyl (C=O) groups is 1. The predicted octanol–water partition coefficient (Wildman–Crippen LogP) is 3.04. The van der Waals surface area contributed by atoms with Crippen molar-refractivity contribution in [3.63, 3.8) is 0 Å². The molecule has 1 aliphatic heterocycles. The van der Waals surface area contributed by atoms with Crippen LogP contribution < -0.4 is 0 Å². The third-order valence-corrected chi connectivity index (χ3v) is 3.17. The van der Waals surface area contributed by atoms with Gasteiger partial charge in [-0.2, -0.15) is 0 Å². The summed E-state index contributed by atoms with van der Waals surface area (Å²) in [5.74, 6) is -0.318. The van der Waals surface area contributed by atoms with Crippen LogP contribution in [0, 0.1) is 0 Å². The second-order valence-corrected chi connectivity index (χ2v) is 4.46. The van der Waals surface area contributed by atoms with Gasteiger partial charge in [-0.15, -0.1) is 0 Å². The van der Waals surface area contributed by atoms with Crippen molar-refractivity contribution in [2.45, 2.75) is 12.2 Å². The van der Waals surface area contributed by atoms with Gasteiger partial charge in [0.2, 0.25) is 0 Å². The SMILES string of the molecule is O=C1CO[C@H](c2ccccc2)[C@@H](c2ccccc2)O1. The summed E-state index contributed by atoms with van der Waals surface area (Å²) in [4.78, 5) is 11.5. The van der Waals surface area contributed by atoms with Crippen LogP contribution in [-0.4, -0.2) is 12.6 Å². The van der Waals surface area contributed by atoms with E-state index >= 15 is 0 Å². The van der Waals surface area contributed by atoms with E-state index in [4.69, 9.17) is 9.47 Å². The van der Waals surface area contributed by atoms with Gasteiger partial charge in [-0.25, -0.2) is 4.79 Å². The van der Waals surface area contributed by atoms with Crippen molar-refractivity contribution in [2.75, 3.05) is 6.61 Å². The normalized spacial score (nSPS) is 22.8. The molecule has 3 nitrogen and oxygen atoms in total. The highest BCUT2D eigenvalue weighted by molar-refractivity contribution is 5.71. The van der Waals surface area contributed by atoms with Gasteiger partial charge in [0, 0.05) is 0 Å². The molecule has 0 radical (unpaired) electrons. The summed E-state index contributed by atoms with van der Waals surface area (Å²) in [5.41, 5.74) is 1.97. The number of hydrogen-bond donors (Lipinski definition) is 0. The van der Waals surface area contributed by atoms with Crippen LogP contribution >= 0.6 is 0 Å². The maximum absolute atomic E-state index is 11.5. The second-order valence-electron chi connectivity index (χ2n) is 4.46. The van der Waals surface area contributed by atoms with Gasteiger partial charge in [-0.1, -0.05) is 60.7 Å². The zero-order chi connectivity index (χ0) is 13.1. The van der Waals surface area contributed by atoms with Crippen LogP contribution in [-0.2, 0) is 14.3 Å². The van der Waals surface area contributed by atoms with Gasteiger partial charge < -0.3 is 9.47 Å². The Morgan fingerprint density at radius 3 is 1.89 bits per heavy atom. The van der Waals surface area contributed by atoms with Crippen LogP contribution in [0.3, 0.4) is 0 Å². The van der Waals surface area contributed by atoms with Gasteiger partial charge in [-0.05, 0) is 11.1 Å². The highest BCUT2D eigenvalue weighted by Crippen LogP contribution is 2.37. The summed E-state index contributed by atoms with van der Waals surface area (Å²) in [5, 5.41) is 0.